The van der Waals surface area contributed by atoms with Gasteiger partial charge in [0.2, 0.25) is 0 Å². The predicted octanol–water partition coefficient (Wildman–Crippen LogP) is 3.56. The first-order chi connectivity index (χ1) is 10.9. The fourth-order valence-electron chi connectivity index (χ4n) is 3.22. The summed E-state index contributed by atoms with van der Waals surface area (Å²) in [5.74, 6) is 0. The van der Waals surface area contributed by atoms with Gasteiger partial charge in [-0.25, -0.2) is 0 Å². The fraction of sp³-hybridized carbons (Fsp3) is 0.211. The predicted molar refractivity (Wildman–Crippen MR) is 92.6 cm³/mol. The van der Waals surface area contributed by atoms with E-state index in [-0.39, 0.29) is 0 Å². The van der Waals surface area contributed by atoms with E-state index in [4.69, 9.17) is 0 Å². The van der Waals surface area contributed by atoms with Crippen molar-refractivity contribution in [2.24, 2.45) is 0 Å². The first-order valence-electron chi connectivity index (χ1n) is 7.79. The number of rotatable bonds is 2. The molecule has 2 aromatic carbocycles. The summed E-state index contributed by atoms with van der Waals surface area (Å²) in [7, 11) is 0. The molecule has 1 aliphatic heterocycles. The van der Waals surface area contributed by atoms with Crippen LogP contribution in [0.15, 0.2) is 67.0 Å². The molecule has 0 radical (unpaired) electrons. The molecule has 2 heterocycles. The third-order valence-electron chi connectivity index (χ3n) is 4.40. The molecule has 0 bridgehead atoms. The van der Waals surface area contributed by atoms with Gasteiger partial charge in [0.25, 0.3) is 0 Å². The standard InChI is InChI=1S/C19H19N3/c1-2-6-17(7-3-1)21-11-13-22(14-12-21)19-8-4-5-16-9-10-20-15-18(16)19/h1-10,15H,11-14H2. The molecule has 1 fully saturated rings. The highest BCUT2D eigenvalue weighted by molar-refractivity contribution is 5.93. The SMILES string of the molecule is c1ccc(N2CCN(c3cccc4ccncc34)CC2)cc1. The van der Waals surface area contributed by atoms with Crippen molar-refractivity contribution in [2.45, 2.75) is 0 Å². The van der Waals surface area contributed by atoms with E-state index in [1.807, 2.05) is 12.4 Å². The molecule has 3 nitrogen and oxygen atoms in total. The molecule has 110 valence electrons. The van der Waals surface area contributed by atoms with Crippen LogP contribution in [0.25, 0.3) is 10.8 Å². The lowest BCUT2D eigenvalue weighted by Crippen LogP contribution is -2.46. The van der Waals surface area contributed by atoms with E-state index < -0.39 is 0 Å². The van der Waals surface area contributed by atoms with Crippen LogP contribution in [-0.2, 0) is 0 Å². The van der Waals surface area contributed by atoms with Crippen molar-refractivity contribution in [3.8, 4) is 0 Å². The molecule has 1 saturated heterocycles. The van der Waals surface area contributed by atoms with Gasteiger partial charge >= 0.3 is 0 Å². The Morgan fingerprint density at radius 2 is 1.50 bits per heavy atom. The second-order valence-corrected chi connectivity index (χ2v) is 5.68. The molecule has 0 amide bonds. The van der Waals surface area contributed by atoms with Crippen molar-refractivity contribution in [1.29, 1.82) is 0 Å². The summed E-state index contributed by atoms with van der Waals surface area (Å²) in [5, 5.41) is 2.51. The largest absolute Gasteiger partial charge is 0.368 e. The number of piperazine rings is 1. The molecule has 0 unspecified atom stereocenters. The van der Waals surface area contributed by atoms with E-state index in [1.54, 1.807) is 0 Å². The maximum absolute atomic E-state index is 4.29. The van der Waals surface area contributed by atoms with Crippen LogP contribution in [0.5, 0.6) is 0 Å². The van der Waals surface area contributed by atoms with Crippen molar-refractivity contribution in [3.63, 3.8) is 0 Å². The molecule has 1 aromatic heterocycles. The molecule has 3 heteroatoms. The van der Waals surface area contributed by atoms with Crippen LogP contribution in [-0.4, -0.2) is 31.2 Å². The summed E-state index contributed by atoms with van der Waals surface area (Å²) in [4.78, 5) is 9.23. The van der Waals surface area contributed by atoms with Gasteiger partial charge in [0.1, 0.15) is 0 Å². The van der Waals surface area contributed by atoms with Crippen LogP contribution < -0.4 is 9.80 Å². The number of hydrogen-bond donors (Lipinski definition) is 0. The van der Waals surface area contributed by atoms with Gasteiger partial charge in [0.15, 0.2) is 0 Å². The number of anilines is 2. The van der Waals surface area contributed by atoms with Crippen LogP contribution in [0.1, 0.15) is 0 Å². The Kier molecular flexibility index (Phi) is 3.39. The van der Waals surface area contributed by atoms with Crippen LogP contribution in [0.2, 0.25) is 0 Å². The van der Waals surface area contributed by atoms with Gasteiger partial charge in [-0.1, -0.05) is 30.3 Å². The van der Waals surface area contributed by atoms with Crippen molar-refractivity contribution in [3.05, 3.63) is 67.0 Å². The maximum atomic E-state index is 4.29. The van der Waals surface area contributed by atoms with Crippen LogP contribution in [0, 0.1) is 0 Å². The van der Waals surface area contributed by atoms with Crippen molar-refractivity contribution in [2.75, 3.05) is 36.0 Å². The minimum Gasteiger partial charge on any atom is -0.368 e. The van der Waals surface area contributed by atoms with Gasteiger partial charge in [-0.2, -0.15) is 0 Å². The van der Waals surface area contributed by atoms with Crippen LogP contribution >= 0.6 is 0 Å². The molecule has 3 aromatic rings. The van der Waals surface area contributed by atoms with Crippen molar-refractivity contribution in [1.82, 2.24) is 4.98 Å². The zero-order chi connectivity index (χ0) is 14.8. The highest BCUT2D eigenvalue weighted by Gasteiger charge is 2.18. The lowest BCUT2D eigenvalue weighted by molar-refractivity contribution is 0.655. The number of aromatic nitrogens is 1. The third-order valence-corrected chi connectivity index (χ3v) is 4.40. The summed E-state index contributed by atoms with van der Waals surface area (Å²) in [5.41, 5.74) is 2.63. The smallest absolute Gasteiger partial charge is 0.0462 e. The fourth-order valence-corrected chi connectivity index (χ4v) is 3.22. The Morgan fingerprint density at radius 1 is 0.727 bits per heavy atom. The van der Waals surface area contributed by atoms with Gasteiger partial charge in [-0.3, -0.25) is 4.98 Å². The highest BCUT2D eigenvalue weighted by atomic mass is 15.3. The molecule has 4 rings (SSSR count). The zero-order valence-corrected chi connectivity index (χ0v) is 12.5. The topological polar surface area (TPSA) is 19.4 Å². The number of fused-ring (bicyclic) bond motifs is 1. The molecular formula is C19H19N3. The first kappa shape index (κ1) is 13.1. The summed E-state index contributed by atoms with van der Waals surface area (Å²) in [6, 6.07) is 19.3. The van der Waals surface area contributed by atoms with E-state index in [2.05, 4.69) is 69.4 Å². The average molecular weight is 289 g/mol. The molecule has 1 aliphatic rings. The van der Waals surface area contributed by atoms with Gasteiger partial charge in [-0.05, 0) is 29.7 Å². The molecule has 0 saturated carbocycles. The minimum atomic E-state index is 1.04. The summed E-state index contributed by atoms with van der Waals surface area (Å²) >= 11 is 0. The third kappa shape index (κ3) is 2.39. The van der Waals surface area contributed by atoms with Crippen LogP contribution in [0.4, 0.5) is 11.4 Å². The molecule has 0 atom stereocenters. The Labute approximate surface area is 130 Å². The number of hydrogen-bond acceptors (Lipinski definition) is 3. The second-order valence-electron chi connectivity index (χ2n) is 5.68. The van der Waals surface area contributed by atoms with Crippen molar-refractivity contribution >= 4 is 22.1 Å². The quantitative estimate of drug-likeness (QED) is 0.719. The zero-order valence-electron chi connectivity index (χ0n) is 12.5. The molecule has 0 N–H and O–H groups in total. The Hall–Kier alpha value is -2.55. The highest BCUT2D eigenvalue weighted by Crippen LogP contribution is 2.27. The van der Waals surface area contributed by atoms with E-state index >= 15 is 0 Å². The Bertz CT molecular complexity index is 756. The summed E-state index contributed by atoms with van der Waals surface area (Å²) in [6.45, 7) is 4.20. The lowest BCUT2D eigenvalue weighted by atomic mass is 10.1. The molecular weight excluding hydrogens is 270 g/mol. The van der Waals surface area contributed by atoms with E-state index in [0.717, 1.165) is 26.2 Å². The van der Waals surface area contributed by atoms with Gasteiger partial charge < -0.3 is 9.80 Å². The first-order valence-corrected chi connectivity index (χ1v) is 7.79. The Morgan fingerprint density at radius 3 is 2.32 bits per heavy atom. The average Bonchev–Trinajstić information content (AvgIpc) is 2.62. The van der Waals surface area contributed by atoms with E-state index in [0.29, 0.717) is 0 Å². The normalized spacial score (nSPS) is 15.3. The number of nitrogens with zero attached hydrogens (tertiary/aromatic N) is 3. The van der Waals surface area contributed by atoms with Gasteiger partial charge in [0.05, 0.1) is 0 Å². The van der Waals surface area contributed by atoms with Gasteiger partial charge in [0, 0.05) is 55.3 Å². The number of para-hydroxylation sites is 1. The number of benzene rings is 2. The summed E-state index contributed by atoms with van der Waals surface area (Å²) < 4.78 is 0. The molecule has 22 heavy (non-hydrogen) atoms. The van der Waals surface area contributed by atoms with Crippen LogP contribution in [0.3, 0.4) is 0 Å². The summed E-state index contributed by atoms with van der Waals surface area (Å²) in [6.07, 6.45) is 3.84. The van der Waals surface area contributed by atoms with E-state index in [1.165, 1.54) is 22.1 Å². The van der Waals surface area contributed by atoms with E-state index in [9.17, 15) is 0 Å². The monoisotopic (exact) mass is 289 g/mol. The molecule has 0 spiro atoms. The maximum Gasteiger partial charge on any atom is 0.0462 e. The molecule has 0 aliphatic carbocycles. The van der Waals surface area contributed by atoms with Crippen molar-refractivity contribution < 1.29 is 0 Å². The number of pyridine rings is 1. The second kappa shape index (κ2) is 5.68. The minimum absolute atomic E-state index is 1.04. The Balaban J connectivity index is 1.56. The van der Waals surface area contributed by atoms with Gasteiger partial charge in [-0.15, -0.1) is 0 Å². The lowest BCUT2D eigenvalue weighted by Gasteiger charge is -2.37.